The van der Waals surface area contributed by atoms with Crippen LogP contribution in [0.4, 0.5) is 0 Å². The molecule has 4 heteroatoms. The first-order valence-corrected chi connectivity index (χ1v) is 6.61. The first-order valence-electron chi connectivity index (χ1n) is 5.85. The third-order valence-electron chi connectivity index (χ3n) is 2.90. The van der Waals surface area contributed by atoms with E-state index < -0.39 is 0 Å². The largest absolute Gasteiger partial charge is 0.469 e. The fourth-order valence-electron chi connectivity index (χ4n) is 2.00. The minimum absolute atomic E-state index is 0.0727. The molecule has 0 fully saturated rings. The molecular formula is C14H15Cl2NO. The summed E-state index contributed by atoms with van der Waals surface area (Å²) in [6, 6.07) is 7.74. The van der Waals surface area contributed by atoms with Crippen molar-refractivity contribution in [1.29, 1.82) is 0 Å². The van der Waals surface area contributed by atoms with Gasteiger partial charge < -0.3 is 9.73 Å². The molecule has 0 aliphatic heterocycles. The van der Waals surface area contributed by atoms with Gasteiger partial charge in [0, 0.05) is 5.56 Å². The van der Waals surface area contributed by atoms with E-state index in [0.717, 1.165) is 23.4 Å². The molecule has 1 N–H and O–H groups in total. The number of furan rings is 1. The minimum atomic E-state index is 0.0727. The molecule has 18 heavy (non-hydrogen) atoms. The molecule has 0 spiro atoms. The van der Waals surface area contributed by atoms with Crippen molar-refractivity contribution >= 4 is 23.2 Å². The number of benzene rings is 1. The molecule has 96 valence electrons. The van der Waals surface area contributed by atoms with Crippen molar-refractivity contribution in [1.82, 2.24) is 5.32 Å². The normalized spacial score (nSPS) is 12.7. The molecule has 0 saturated heterocycles. The Kier molecular flexibility index (Phi) is 4.33. The standard InChI is InChI=1S/C14H15Cl2NO/c1-3-17-14(11-6-7-18-9(11)2)10-4-5-12(15)13(16)8-10/h4-8,14,17H,3H2,1-2H3. The monoisotopic (exact) mass is 283 g/mol. The van der Waals surface area contributed by atoms with Gasteiger partial charge in [-0.2, -0.15) is 0 Å². The Morgan fingerprint density at radius 2 is 2.00 bits per heavy atom. The van der Waals surface area contributed by atoms with E-state index in [2.05, 4.69) is 12.2 Å². The van der Waals surface area contributed by atoms with Crippen molar-refractivity contribution in [2.45, 2.75) is 19.9 Å². The van der Waals surface area contributed by atoms with Crippen molar-refractivity contribution in [3.8, 4) is 0 Å². The zero-order valence-corrected chi connectivity index (χ0v) is 11.8. The Hall–Kier alpha value is -0.960. The van der Waals surface area contributed by atoms with Gasteiger partial charge in [0.1, 0.15) is 5.76 Å². The first-order chi connectivity index (χ1) is 8.63. The summed E-state index contributed by atoms with van der Waals surface area (Å²) in [5, 5.41) is 4.56. The van der Waals surface area contributed by atoms with Crippen molar-refractivity contribution in [3.05, 3.63) is 57.5 Å². The fraction of sp³-hybridized carbons (Fsp3) is 0.286. The topological polar surface area (TPSA) is 25.2 Å². The van der Waals surface area contributed by atoms with Crippen LogP contribution < -0.4 is 5.32 Å². The van der Waals surface area contributed by atoms with Crippen LogP contribution in [0.2, 0.25) is 10.0 Å². The number of hydrogen-bond acceptors (Lipinski definition) is 2. The highest BCUT2D eigenvalue weighted by Crippen LogP contribution is 2.30. The first kappa shape index (κ1) is 13.5. The molecule has 0 saturated carbocycles. The van der Waals surface area contributed by atoms with Crippen LogP contribution in [0.25, 0.3) is 0 Å². The maximum Gasteiger partial charge on any atom is 0.105 e. The highest BCUT2D eigenvalue weighted by atomic mass is 35.5. The molecular weight excluding hydrogens is 269 g/mol. The van der Waals surface area contributed by atoms with E-state index in [0.29, 0.717) is 10.0 Å². The Balaban J connectivity index is 2.41. The van der Waals surface area contributed by atoms with E-state index in [9.17, 15) is 0 Å². The Bertz CT molecular complexity index is 536. The number of rotatable bonds is 4. The molecule has 1 atom stereocenters. The van der Waals surface area contributed by atoms with E-state index in [-0.39, 0.29) is 6.04 Å². The number of halogens is 2. The average molecular weight is 284 g/mol. The molecule has 1 aromatic carbocycles. The third-order valence-corrected chi connectivity index (χ3v) is 3.63. The van der Waals surface area contributed by atoms with Crippen LogP contribution in [-0.4, -0.2) is 6.54 Å². The van der Waals surface area contributed by atoms with Gasteiger partial charge in [-0.25, -0.2) is 0 Å². The van der Waals surface area contributed by atoms with Crippen LogP contribution >= 0.6 is 23.2 Å². The van der Waals surface area contributed by atoms with Gasteiger partial charge in [0.2, 0.25) is 0 Å². The van der Waals surface area contributed by atoms with Crippen LogP contribution in [0.3, 0.4) is 0 Å². The maximum absolute atomic E-state index is 6.08. The predicted molar refractivity (Wildman–Crippen MR) is 75.4 cm³/mol. The van der Waals surface area contributed by atoms with Gasteiger partial charge in [0.25, 0.3) is 0 Å². The third kappa shape index (κ3) is 2.72. The summed E-state index contributed by atoms with van der Waals surface area (Å²) in [6.45, 7) is 4.88. The van der Waals surface area contributed by atoms with Gasteiger partial charge in [-0.05, 0) is 37.2 Å². The smallest absolute Gasteiger partial charge is 0.105 e. The molecule has 0 aliphatic carbocycles. The summed E-state index contributed by atoms with van der Waals surface area (Å²) in [4.78, 5) is 0. The molecule has 2 aromatic rings. The summed E-state index contributed by atoms with van der Waals surface area (Å²) < 4.78 is 5.37. The van der Waals surface area contributed by atoms with E-state index in [1.165, 1.54) is 0 Å². The molecule has 0 bridgehead atoms. The molecule has 1 unspecified atom stereocenters. The highest BCUT2D eigenvalue weighted by molar-refractivity contribution is 6.42. The SMILES string of the molecule is CCNC(c1ccc(Cl)c(Cl)c1)c1ccoc1C. The van der Waals surface area contributed by atoms with E-state index in [1.807, 2.05) is 31.2 Å². The van der Waals surface area contributed by atoms with Gasteiger partial charge in [0.05, 0.1) is 22.4 Å². The molecule has 0 radical (unpaired) electrons. The lowest BCUT2D eigenvalue weighted by Crippen LogP contribution is -2.22. The quantitative estimate of drug-likeness (QED) is 0.888. The van der Waals surface area contributed by atoms with E-state index in [4.69, 9.17) is 27.6 Å². The van der Waals surface area contributed by atoms with Crippen LogP contribution in [0, 0.1) is 6.92 Å². The number of nitrogens with one attached hydrogen (secondary N) is 1. The second kappa shape index (κ2) is 5.79. The second-order valence-corrected chi connectivity index (χ2v) is 4.91. The van der Waals surface area contributed by atoms with E-state index >= 15 is 0 Å². The number of aryl methyl sites for hydroxylation is 1. The second-order valence-electron chi connectivity index (χ2n) is 4.10. The highest BCUT2D eigenvalue weighted by Gasteiger charge is 2.17. The molecule has 2 rings (SSSR count). The van der Waals surface area contributed by atoms with Crippen LogP contribution in [0.1, 0.15) is 29.9 Å². The lowest BCUT2D eigenvalue weighted by molar-refractivity contribution is 0.520. The predicted octanol–water partition coefficient (Wildman–Crippen LogP) is 4.59. The molecule has 2 nitrogen and oxygen atoms in total. The van der Waals surface area contributed by atoms with Gasteiger partial charge in [-0.15, -0.1) is 0 Å². The summed E-state index contributed by atoms with van der Waals surface area (Å²) in [5.74, 6) is 0.909. The summed E-state index contributed by atoms with van der Waals surface area (Å²) in [7, 11) is 0. The van der Waals surface area contributed by atoms with Crippen molar-refractivity contribution < 1.29 is 4.42 Å². The van der Waals surface area contributed by atoms with Gasteiger partial charge in [0.15, 0.2) is 0 Å². The van der Waals surface area contributed by atoms with Crippen molar-refractivity contribution in [3.63, 3.8) is 0 Å². The zero-order chi connectivity index (χ0) is 13.1. The van der Waals surface area contributed by atoms with Gasteiger partial charge in [-0.3, -0.25) is 0 Å². The van der Waals surface area contributed by atoms with E-state index in [1.54, 1.807) is 6.26 Å². The van der Waals surface area contributed by atoms with Gasteiger partial charge in [-0.1, -0.05) is 36.2 Å². The Morgan fingerprint density at radius 1 is 1.22 bits per heavy atom. The fourth-order valence-corrected chi connectivity index (χ4v) is 2.30. The number of hydrogen-bond donors (Lipinski definition) is 1. The lowest BCUT2D eigenvalue weighted by atomic mass is 9.99. The lowest BCUT2D eigenvalue weighted by Gasteiger charge is -2.18. The van der Waals surface area contributed by atoms with Gasteiger partial charge >= 0.3 is 0 Å². The summed E-state index contributed by atoms with van der Waals surface area (Å²) in [6.07, 6.45) is 1.70. The summed E-state index contributed by atoms with van der Waals surface area (Å²) >= 11 is 12.0. The minimum Gasteiger partial charge on any atom is -0.469 e. The Labute approximate surface area is 117 Å². The maximum atomic E-state index is 6.08. The molecule has 1 heterocycles. The summed E-state index contributed by atoms with van der Waals surface area (Å²) in [5.41, 5.74) is 2.20. The van der Waals surface area contributed by atoms with Crippen LogP contribution in [0.5, 0.6) is 0 Å². The van der Waals surface area contributed by atoms with Crippen molar-refractivity contribution in [2.75, 3.05) is 6.54 Å². The Morgan fingerprint density at radius 3 is 2.56 bits per heavy atom. The van der Waals surface area contributed by atoms with Crippen LogP contribution in [-0.2, 0) is 0 Å². The van der Waals surface area contributed by atoms with Crippen LogP contribution in [0.15, 0.2) is 34.9 Å². The average Bonchev–Trinajstić information content (AvgIpc) is 2.76. The van der Waals surface area contributed by atoms with Crippen molar-refractivity contribution in [2.24, 2.45) is 0 Å². The molecule has 1 aromatic heterocycles. The zero-order valence-electron chi connectivity index (χ0n) is 10.3. The molecule has 0 amide bonds. The molecule has 0 aliphatic rings.